The van der Waals surface area contributed by atoms with E-state index in [0.29, 0.717) is 5.57 Å². The molecule has 2 heteroatoms. The van der Waals surface area contributed by atoms with Gasteiger partial charge >= 0.3 is 5.97 Å². The van der Waals surface area contributed by atoms with Crippen LogP contribution in [0.4, 0.5) is 0 Å². The highest BCUT2D eigenvalue weighted by atomic mass is 16.5. The van der Waals surface area contributed by atoms with E-state index in [0.717, 1.165) is 12.8 Å². The van der Waals surface area contributed by atoms with Gasteiger partial charge in [-0.3, -0.25) is 0 Å². The molecule has 1 rings (SSSR count). The third-order valence-electron chi connectivity index (χ3n) is 2.52. The van der Waals surface area contributed by atoms with Gasteiger partial charge < -0.3 is 4.74 Å². The normalized spacial score (nSPS) is 19.1. The van der Waals surface area contributed by atoms with Gasteiger partial charge in [-0.1, -0.05) is 25.2 Å². The molecule has 0 aliphatic heterocycles. The Hall–Kier alpha value is -1.05. The fourth-order valence-corrected chi connectivity index (χ4v) is 1.67. The van der Waals surface area contributed by atoms with Crippen LogP contribution >= 0.6 is 0 Å². The van der Waals surface area contributed by atoms with Gasteiger partial charge in [0.05, 0.1) is 0 Å². The highest BCUT2D eigenvalue weighted by molar-refractivity contribution is 5.88. The molecule has 0 unspecified atom stereocenters. The Kier molecular flexibility index (Phi) is 4.44. The monoisotopic (exact) mass is 194 g/mol. The Morgan fingerprint density at radius 2 is 2.00 bits per heavy atom. The summed E-state index contributed by atoms with van der Waals surface area (Å²) in [5.41, 5.74) is 0.630. The maximum atomic E-state index is 11.5. The summed E-state index contributed by atoms with van der Waals surface area (Å²) in [6.45, 7) is 5.30. The van der Waals surface area contributed by atoms with E-state index in [1.54, 1.807) is 19.1 Å². The van der Waals surface area contributed by atoms with Crippen molar-refractivity contribution in [2.24, 2.45) is 0 Å². The first-order valence-electron chi connectivity index (χ1n) is 5.24. The second-order valence-electron chi connectivity index (χ2n) is 3.75. The lowest BCUT2D eigenvalue weighted by Crippen LogP contribution is -2.21. The van der Waals surface area contributed by atoms with Gasteiger partial charge in [0.2, 0.25) is 0 Å². The highest BCUT2D eigenvalue weighted by Gasteiger charge is 2.17. The van der Waals surface area contributed by atoms with Crippen LogP contribution in [0.1, 0.15) is 39.0 Å². The van der Waals surface area contributed by atoms with Crippen LogP contribution in [-0.2, 0) is 9.53 Å². The number of carbonyl (C=O) groups is 1. The summed E-state index contributed by atoms with van der Waals surface area (Å²) >= 11 is 0. The van der Waals surface area contributed by atoms with Gasteiger partial charge in [-0.2, -0.15) is 0 Å². The van der Waals surface area contributed by atoms with Crippen molar-refractivity contribution >= 4 is 5.97 Å². The molecule has 0 atom stereocenters. The Labute approximate surface area is 85.6 Å². The van der Waals surface area contributed by atoms with E-state index in [-0.39, 0.29) is 12.1 Å². The van der Waals surface area contributed by atoms with Crippen molar-refractivity contribution in [2.75, 3.05) is 0 Å². The second-order valence-corrected chi connectivity index (χ2v) is 3.75. The smallest absolute Gasteiger partial charge is 0.333 e. The Morgan fingerprint density at radius 1 is 1.36 bits per heavy atom. The van der Waals surface area contributed by atoms with Crippen LogP contribution < -0.4 is 0 Å². The molecule has 0 saturated heterocycles. The molecule has 78 valence electrons. The van der Waals surface area contributed by atoms with E-state index in [1.165, 1.54) is 19.3 Å². The number of rotatable bonds is 3. The minimum Gasteiger partial charge on any atom is -0.459 e. The first-order chi connectivity index (χ1) is 6.74. The summed E-state index contributed by atoms with van der Waals surface area (Å²) in [6.07, 6.45) is 9.12. The molecule has 1 aliphatic carbocycles. The summed E-state index contributed by atoms with van der Waals surface area (Å²) in [4.78, 5) is 11.5. The molecule has 0 aromatic heterocycles. The van der Waals surface area contributed by atoms with Crippen molar-refractivity contribution in [3.8, 4) is 0 Å². The molecule has 1 fully saturated rings. The van der Waals surface area contributed by atoms with Crippen LogP contribution in [0.25, 0.3) is 0 Å². The maximum Gasteiger partial charge on any atom is 0.333 e. The van der Waals surface area contributed by atoms with Gasteiger partial charge in [0, 0.05) is 5.57 Å². The first-order valence-corrected chi connectivity index (χ1v) is 5.24. The van der Waals surface area contributed by atoms with Crippen molar-refractivity contribution in [2.45, 2.75) is 45.1 Å². The molecule has 1 saturated carbocycles. The molecule has 0 amide bonds. The molecule has 14 heavy (non-hydrogen) atoms. The number of ether oxygens (including phenoxy) is 1. The van der Waals surface area contributed by atoms with Crippen LogP contribution in [0.2, 0.25) is 0 Å². The van der Waals surface area contributed by atoms with Gasteiger partial charge in [0.15, 0.2) is 0 Å². The minimum atomic E-state index is -0.197. The molecule has 0 aromatic carbocycles. The average Bonchev–Trinajstić information content (AvgIpc) is 2.19. The van der Waals surface area contributed by atoms with Crippen molar-refractivity contribution in [1.82, 2.24) is 0 Å². The Balaban J connectivity index is 2.39. The molecule has 0 radical (unpaired) electrons. The highest BCUT2D eigenvalue weighted by Crippen LogP contribution is 2.21. The summed E-state index contributed by atoms with van der Waals surface area (Å²) in [5.74, 6) is -0.197. The molecule has 2 nitrogen and oxygen atoms in total. The van der Waals surface area contributed by atoms with Crippen LogP contribution in [0.3, 0.4) is 0 Å². The largest absolute Gasteiger partial charge is 0.459 e. The average molecular weight is 194 g/mol. The van der Waals surface area contributed by atoms with Crippen LogP contribution in [0.15, 0.2) is 24.3 Å². The molecule has 0 spiro atoms. The lowest BCUT2D eigenvalue weighted by Gasteiger charge is -2.21. The van der Waals surface area contributed by atoms with Crippen molar-refractivity contribution in [1.29, 1.82) is 0 Å². The molecule has 0 aromatic rings. The van der Waals surface area contributed by atoms with Gasteiger partial charge in [-0.05, 0) is 32.6 Å². The van der Waals surface area contributed by atoms with Gasteiger partial charge in [0.1, 0.15) is 6.10 Å². The second kappa shape index (κ2) is 5.63. The topological polar surface area (TPSA) is 26.3 Å². The SMILES string of the molecule is C=CC=C(C)C(=O)OC1CCCCC1. The third kappa shape index (κ3) is 3.36. The lowest BCUT2D eigenvalue weighted by atomic mass is 9.98. The Bertz CT molecular complexity index is 235. The van der Waals surface area contributed by atoms with Crippen LogP contribution in [0.5, 0.6) is 0 Å². The quantitative estimate of drug-likeness (QED) is 0.392. The molecular weight excluding hydrogens is 176 g/mol. The predicted octanol–water partition coefficient (Wildman–Crippen LogP) is 2.99. The molecule has 0 N–H and O–H groups in total. The molecule has 0 heterocycles. The van der Waals surface area contributed by atoms with E-state index in [9.17, 15) is 4.79 Å². The van der Waals surface area contributed by atoms with Gasteiger partial charge in [-0.15, -0.1) is 0 Å². The van der Waals surface area contributed by atoms with Gasteiger partial charge in [-0.25, -0.2) is 4.79 Å². The fourth-order valence-electron chi connectivity index (χ4n) is 1.67. The predicted molar refractivity (Wildman–Crippen MR) is 56.9 cm³/mol. The van der Waals surface area contributed by atoms with Crippen molar-refractivity contribution < 1.29 is 9.53 Å². The number of hydrogen-bond acceptors (Lipinski definition) is 2. The van der Waals surface area contributed by atoms with E-state index < -0.39 is 0 Å². The standard InChI is InChI=1S/C12H18O2/c1-3-7-10(2)12(13)14-11-8-5-4-6-9-11/h3,7,11H,1,4-6,8-9H2,2H3. The number of allylic oxidation sites excluding steroid dienone is 2. The van der Waals surface area contributed by atoms with Gasteiger partial charge in [0.25, 0.3) is 0 Å². The number of esters is 1. The molecule has 0 bridgehead atoms. The zero-order valence-electron chi connectivity index (χ0n) is 8.79. The fraction of sp³-hybridized carbons (Fsp3) is 0.583. The zero-order chi connectivity index (χ0) is 10.4. The zero-order valence-corrected chi connectivity index (χ0v) is 8.79. The van der Waals surface area contributed by atoms with Crippen LogP contribution in [0, 0.1) is 0 Å². The number of carbonyl (C=O) groups excluding carboxylic acids is 1. The number of hydrogen-bond donors (Lipinski definition) is 0. The first kappa shape index (κ1) is 11.0. The van der Waals surface area contributed by atoms with E-state index >= 15 is 0 Å². The molecular formula is C12H18O2. The summed E-state index contributed by atoms with van der Waals surface area (Å²) < 4.78 is 5.35. The van der Waals surface area contributed by atoms with E-state index in [2.05, 4.69) is 6.58 Å². The van der Waals surface area contributed by atoms with Crippen LogP contribution in [-0.4, -0.2) is 12.1 Å². The Morgan fingerprint density at radius 3 is 2.57 bits per heavy atom. The van der Waals surface area contributed by atoms with Crippen molar-refractivity contribution in [3.05, 3.63) is 24.3 Å². The van der Waals surface area contributed by atoms with Crippen molar-refractivity contribution in [3.63, 3.8) is 0 Å². The maximum absolute atomic E-state index is 11.5. The summed E-state index contributed by atoms with van der Waals surface area (Å²) in [5, 5.41) is 0. The van der Waals surface area contributed by atoms with E-state index in [1.807, 2.05) is 0 Å². The minimum absolute atomic E-state index is 0.143. The summed E-state index contributed by atoms with van der Waals surface area (Å²) in [7, 11) is 0. The third-order valence-corrected chi connectivity index (χ3v) is 2.52. The molecule has 1 aliphatic rings. The summed E-state index contributed by atoms with van der Waals surface area (Å²) in [6, 6.07) is 0. The lowest BCUT2D eigenvalue weighted by molar-refractivity contribution is -0.145. The van der Waals surface area contributed by atoms with E-state index in [4.69, 9.17) is 4.74 Å².